The first-order valence-corrected chi connectivity index (χ1v) is 4.69. The molecule has 0 bridgehead atoms. The normalized spacial score (nSPS) is 10.6. The van der Waals surface area contributed by atoms with E-state index in [1.165, 1.54) is 5.56 Å². The number of aliphatic hydroxyl groups is 1. The number of hydrogen-bond donors (Lipinski definition) is 2. The van der Waals surface area contributed by atoms with Crippen LogP contribution < -0.4 is 5.32 Å². The Bertz CT molecular complexity index is 235. The van der Waals surface area contributed by atoms with E-state index in [1.807, 2.05) is 12.4 Å². The van der Waals surface area contributed by atoms with Crippen molar-refractivity contribution >= 4 is 0 Å². The minimum atomic E-state index is 0.142. The van der Waals surface area contributed by atoms with Gasteiger partial charge in [0, 0.05) is 18.3 Å². The van der Waals surface area contributed by atoms with E-state index in [0.29, 0.717) is 6.54 Å². The van der Waals surface area contributed by atoms with Crippen LogP contribution in [-0.2, 0) is 13.1 Å². The smallest absolute Gasteiger partial charge is 0.0640 e. The third-order valence-corrected chi connectivity index (χ3v) is 1.77. The standard InChI is InChI=1S/C9H17N3O/c1-2-3-10-6-9-7-11-12(8-9)4-5-13/h7-8,10,13H,2-6H2,1H3. The predicted molar refractivity (Wildman–Crippen MR) is 51.3 cm³/mol. The summed E-state index contributed by atoms with van der Waals surface area (Å²) in [6.45, 7) is 4.75. The van der Waals surface area contributed by atoms with Crippen molar-refractivity contribution in [1.29, 1.82) is 0 Å². The van der Waals surface area contributed by atoms with Crippen molar-refractivity contribution in [3.8, 4) is 0 Å². The third kappa shape index (κ3) is 3.57. The molecule has 1 heterocycles. The van der Waals surface area contributed by atoms with Crippen LogP contribution in [0.1, 0.15) is 18.9 Å². The van der Waals surface area contributed by atoms with Crippen LogP contribution >= 0.6 is 0 Å². The van der Waals surface area contributed by atoms with Crippen molar-refractivity contribution in [2.24, 2.45) is 0 Å². The molecule has 1 aromatic rings. The molecule has 0 aromatic carbocycles. The molecule has 1 aromatic heterocycles. The summed E-state index contributed by atoms with van der Waals surface area (Å²) in [4.78, 5) is 0. The highest BCUT2D eigenvalue weighted by atomic mass is 16.3. The van der Waals surface area contributed by atoms with Crippen LogP contribution in [0, 0.1) is 0 Å². The first-order chi connectivity index (χ1) is 6.36. The van der Waals surface area contributed by atoms with Gasteiger partial charge in [0.25, 0.3) is 0 Å². The molecule has 74 valence electrons. The number of nitrogens with zero attached hydrogens (tertiary/aromatic N) is 2. The molecule has 0 aliphatic carbocycles. The topological polar surface area (TPSA) is 50.1 Å². The maximum absolute atomic E-state index is 8.67. The molecule has 0 aliphatic heterocycles. The highest BCUT2D eigenvalue weighted by molar-refractivity contribution is 5.03. The molecule has 0 amide bonds. The van der Waals surface area contributed by atoms with Gasteiger partial charge in [-0.1, -0.05) is 6.92 Å². The molecule has 13 heavy (non-hydrogen) atoms. The lowest BCUT2D eigenvalue weighted by molar-refractivity contribution is 0.269. The van der Waals surface area contributed by atoms with Crippen LogP contribution in [0.5, 0.6) is 0 Å². The Morgan fingerprint density at radius 3 is 3.15 bits per heavy atom. The van der Waals surface area contributed by atoms with Gasteiger partial charge < -0.3 is 10.4 Å². The van der Waals surface area contributed by atoms with Crippen molar-refractivity contribution in [2.75, 3.05) is 13.2 Å². The molecule has 4 nitrogen and oxygen atoms in total. The average molecular weight is 183 g/mol. The van der Waals surface area contributed by atoms with Gasteiger partial charge in [0.2, 0.25) is 0 Å². The average Bonchev–Trinajstić information content (AvgIpc) is 2.54. The molecule has 0 radical (unpaired) electrons. The molecule has 0 saturated carbocycles. The first kappa shape index (κ1) is 10.2. The summed E-state index contributed by atoms with van der Waals surface area (Å²) in [6.07, 6.45) is 4.93. The zero-order chi connectivity index (χ0) is 9.52. The number of nitrogens with one attached hydrogen (secondary N) is 1. The Balaban J connectivity index is 2.31. The van der Waals surface area contributed by atoms with Gasteiger partial charge in [0.05, 0.1) is 19.3 Å². The van der Waals surface area contributed by atoms with Crippen LogP contribution in [0.4, 0.5) is 0 Å². The molecular weight excluding hydrogens is 166 g/mol. The minimum Gasteiger partial charge on any atom is -0.394 e. The van der Waals surface area contributed by atoms with Gasteiger partial charge in [-0.2, -0.15) is 5.10 Å². The molecule has 0 spiro atoms. The molecule has 2 N–H and O–H groups in total. The molecule has 0 unspecified atom stereocenters. The van der Waals surface area contributed by atoms with Crippen molar-refractivity contribution in [3.05, 3.63) is 18.0 Å². The molecule has 0 atom stereocenters. The third-order valence-electron chi connectivity index (χ3n) is 1.77. The Hall–Kier alpha value is -0.870. The van der Waals surface area contributed by atoms with Gasteiger partial charge >= 0.3 is 0 Å². The van der Waals surface area contributed by atoms with Gasteiger partial charge in [0.1, 0.15) is 0 Å². The SMILES string of the molecule is CCCNCc1cnn(CCO)c1. The Kier molecular flexibility index (Phi) is 4.49. The molecule has 0 saturated heterocycles. The summed E-state index contributed by atoms with van der Waals surface area (Å²) >= 11 is 0. The fourth-order valence-corrected chi connectivity index (χ4v) is 1.13. The van der Waals surface area contributed by atoms with Crippen molar-refractivity contribution in [1.82, 2.24) is 15.1 Å². The minimum absolute atomic E-state index is 0.142. The van der Waals surface area contributed by atoms with E-state index in [4.69, 9.17) is 5.11 Å². The maximum atomic E-state index is 8.67. The Labute approximate surface area is 78.6 Å². The maximum Gasteiger partial charge on any atom is 0.0640 e. The van der Waals surface area contributed by atoms with Gasteiger partial charge in [-0.25, -0.2) is 0 Å². The lowest BCUT2D eigenvalue weighted by Gasteiger charge is -1.98. The molecule has 0 aliphatic rings. The number of rotatable bonds is 6. The second kappa shape index (κ2) is 5.72. The summed E-state index contributed by atoms with van der Waals surface area (Å²) in [6, 6.07) is 0. The number of hydrogen-bond acceptors (Lipinski definition) is 3. The van der Waals surface area contributed by atoms with Gasteiger partial charge in [0.15, 0.2) is 0 Å². The van der Waals surface area contributed by atoms with Crippen LogP contribution in [0.3, 0.4) is 0 Å². The summed E-state index contributed by atoms with van der Waals surface area (Å²) < 4.78 is 1.75. The monoisotopic (exact) mass is 183 g/mol. The number of aromatic nitrogens is 2. The van der Waals surface area contributed by atoms with Gasteiger partial charge in [-0.05, 0) is 13.0 Å². The second-order valence-electron chi connectivity index (χ2n) is 3.01. The molecule has 1 rings (SSSR count). The summed E-state index contributed by atoms with van der Waals surface area (Å²) in [5, 5.41) is 16.1. The Morgan fingerprint density at radius 2 is 2.46 bits per heavy atom. The lowest BCUT2D eigenvalue weighted by atomic mass is 10.3. The summed E-state index contributed by atoms with van der Waals surface area (Å²) in [5.41, 5.74) is 1.17. The zero-order valence-electron chi connectivity index (χ0n) is 8.03. The molecule has 0 fully saturated rings. The second-order valence-corrected chi connectivity index (χ2v) is 3.01. The quantitative estimate of drug-likeness (QED) is 0.627. The predicted octanol–water partition coefficient (Wildman–Crippen LogP) is 0.375. The molecule has 4 heteroatoms. The van der Waals surface area contributed by atoms with Crippen LogP contribution in [0.15, 0.2) is 12.4 Å². The highest BCUT2D eigenvalue weighted by Crippen LogP contribution is 1.96. The van der Waals surface area contributed by atoms with Crippen molar-refractivity contribution < 1.29 is 5.11 Å². The highest BCUT2D eigenvalue weighted by Gasteiger charge is 1.96. The van der Waals surface area contributed by atoms with Gasteiger partial charge in [-0.3, -0.25) is 4.68 Å². The van der Waals surface area contributed by atoms with Crippen LogP contribution in [0.2, 0.25) is 0 Å². The van der Waals surface area contributed by atoms with Crippen molar-refractivity contribution in [2.45, 2.75) is 26.4 Å². The van der Waals surface area contributed by atoms with Crippen LogP contribution in [-0.4, -0.2) is 28.0 Å². The van der Waals surface area contributed by atoms with E-state index in [-0.39, 0.29) is 6.61 Å². The van der Waals surface area contributed by atoms with E-state index in [9.17, 15) is 0 Å². The van der Waals surface area contributed by atoms with Crippen LogP contribution in [0.25, 0.3) is 0 Å². The summed E-state index contributed by atoms with van der Waals surface area (Å²) in [7, 11) is 0. The van der Waals surface area contributed by atoms with E-state index in [1.54, 1.807) is 4.68 Å². The van der Waals surface area contributed by atoms with Crippen molar-refractivity contribution in [3.63, 3.8) is 0 Å². The zero-order valence-corrected chi connectivity index (χ0v) is 8.03. The van der Waals surface area contributed by atoms with E-state index in [0.717, 1.165) is 19.5 Å². The van der Waals surface area contributed by atoms with E-state index in [2.05, 4.69) is 17.3 Å². The fourth-order valence-electron chi connectivity index (χ4n) is 1.13. The molecular formula is C9H17N3O. The lowest BCUT2D eigenvalue weighted by Crippen LogP contribution is -2.13. The summed E-state index contributed by atoms with van der Waals surface area (Å²) in [5.74, 6) is 0. The van der Waals surface area contributed by atoms with E-state index >= 15 is 0 Å². The number of aliphatic hydroxyl groups excluding tert-OH is 1. The van der Waals surface area contributed by atoms with Gasteiger partial charge in [-0.15, -0.1) is 0 Å². The largest absolute Gasteiger partial charge is 0.394 e. The fraction of sp³-hybridized carbons (Fsp3) is 0.667. The van der Waals surface area contributed by atoms with E-state index < -0.39 is 0 Å². The first-order valence-electron chi connectivity index (χ1n) is 4.69. The Morgan fingerprint density at radius 1 is 1.62 bits per heavy atom.